The van der Waals surface area contributed by atoms with Crippen molar-refractivity contribution in [2.75, 3.05) is 6.54 Å². The van der Waals surface area contributed by atoms with Crippen LogP contribution in [0.3, 0.4) is 0 Å². The molecule has 122 valence electrons. The molecule has 2 N–H and O–H groups in total. The second-order valence-corrected chi connectivity index (χ2v) is 5.41. The fraction of sp³-hybridized carbons (Fsp3) is 0.250. The summed E-state index contributed by atoms with van der Waals surface area (Å²) in [5.74, 6) is 0.925. The number of hydrogen-bond donors (Lipinski definition) is 2. The van der Waals surface area contributed by atoms with Gasteiger partial charge in [0.1, 0.15) is 5.82 Å². The topological polar surface area (TPSA) is 58.5 Å². The van der Waals surface area contributed by atoms with Crippen molar-refractivity contribution in [3.63, 3.8) is 0 Å². The quantitative estimate of drug-likeness (QED) is 0.745. The van der Waals surface area contributed by atoms with Crippen molar-refractivity contribution in [1.29, 1.82) is 0 Å². The average molecular weight is 352 g/mol. The SMILES string of the molecule is Cc1ccc(-c2nc3c([nH]2)CNCC3)c(-n2cccn2)c1.Cl.Cl. The standard InChI is InChI=1S/C16H17N5.2ClH/c1-11-3-4-12(15(9-11)21-8-2-6-18-21)16-19-13-5-7-17-10-14(13)20-16;;/h2-4,6,8-9,17H,5,7,10H2,1H3,(H,19,20);2*1H. The highest BCUT2D eigenvalue weighted by atomic mass is 35.5. The lowest BCUT2D eigenvalue weighted by atomic mass is 10.1. The summed E-state index contributed by atoms with van der Waals surface area (Å²) >= 11 is 0. The lowest BCUT2D eigenvalue weighted by molar-refractivity contribution is 0.627. The average Bonchev–Trinajstić information content (AvgIpc) is 3.16. The van der Waals surface area contributed by atoms with Gasteiger partial charge in [-0.1, -0.05) is 6.07 Å². The molecule has 0 unspecified atom stereocenters. The summed E-state index contributed by atoms with van der Waals surface area (Å²) in [6.07, 6.45) is 4.74. The minimum atomic E-state index is 0. The van der Waals surface area contributed by atoms with Gasteiger partial charge >= 0.3 is 0 Å². The Balaban J connectivity index is 0.000000960. The number of aromatic nitrogens is 4. The van der Waals surface area contributed by atoms with Gasteiger partial charge < -0.3 is 10.3 Å². The number of hydrogen-bond acceptors (Lipinski definition) is 3. The maximum absolute atomic E-state index is 4.78. The van der Waals surface area contributed by atoms with E-state index in [4.69, 9.17) is 4.98 Å². The first-order valence-corrected chi connectivity index (χ1v) is 7.21. The number of halogens is 2. The second-order valence-electron chi connectivity index (χ2n) is 5.41. The molecule has 0 radical (unpaired) electrons. The molecule has 7 heteroatoms. The molecular formula is C16H19Cl2N5. The number of rotatable bonds is 2. The molecule has 2 aromatic heterocycles. The summed E-state index contributed by atoms with van der Waals surface area (Å²) in [6.45, 7) is 3.95. The highest BCUT2D eigenvalue weighted by molar-refractivity contribution is 5.85. The zero-order valence-corrected chi connectivity index (χ0v) is 14.4. The number of aromatic amines is 1. The summed E-state index contributed by atoms with van der Waals surface area (Å²) < 4.78 is 1.89. The Morgan fingerprint density at radius 3 is 2.83 bits per heavy atom. The van der Waals surface area contributed by atoms with Crippen LogP contribution < -0.4 is 5.32 Å². The van der Waals surface area contributed by atoms with Crippen LogP contribution in [-0.2, 0) is 13.0 Å². The number of benzene rings is 1. The fourth-order valence-electron chi connectivity index (χ4n) is 2.79. The van der Waals surface area contributed by atoms with Crippen LogP contribution in [0.15, 0.2) is 36.7 Å². The van der Waals surface area contributed by atoms with E-state index in [-0.39, 0.29) is 24.8 Å². The summed E-state index contributed by atoms with van der Waals surface area (Å²) in [7, 11) is 0. The van der Waals surface area contributed by atoms with Gasteiger partial charge in [-0.2, -0.15) is 5.10 Å². The Bertz CT molecular complexity index is 756. The molecule has 0 saturated heterocycles. The van der Waals surface area contributed by atoms with Crippen LogP contribution >= 0.6 is 24.8 Å². The van der Waals surface area contributed by atoms with Gasteiger partial charge in [-0.3, -0.25) is 0 Å². The van der Waals surface area contributed by atoms with Crippen molar-refractivity contribution in [3.8, 4) is 17.1 Å². The third-order valence-corrected chi connectivity index (χ3v) is 3.86. The molecule has 5 nitrogen and oxygen atoms in total. The summed E-state index contributed by atoms with van der Waals surface area (Å²) in [4.78, 5) is 8.24. The Kier molecular flexibility index (Phi) is 5.46. The lowest BCUT2D eigenvalue weighted by Crippen LogP contribution is -2.23. The Labute approximate surface area is 147 Å². The molecule has 0 fully saturated rings. The molecule has 3 aromatic rings. The minimum absolute atomic E-state index is 0. The molecule has 0 atom stereocenters. The molecule has 0 spiro atoms. The number of H-pyrrole nitrogens is 1. The Hall–Kier alpha value is -1.82. The van der Waals surface area contributed by atoms with Crippen LogP contribution in [0.4, 0.5) is 0 Å². The van der Waals surface area contributed by atoms with Crippen molar-refractivity contribution in [2.45, 2.75) is 19.9 Å². The van der Waals surface area contributed by atoms with E-state index in [1.165, 1.54) is 17.0 Å². The Morgan fingerprint density at radius 1 is 1.22 bits per heavy atom. The van der Waals surface area contributed by atoms with E-state index < -0.39 is 0 Å². The molecule has 1 aliphatic rings. The van der Waals surface area contributed by atoms with Crippen LogP contribution in [0.25, 0.3) is 17.1 Å². The highest BCUT2D eigenvalue weighted by Gasteiger charge is 2.17. The second kappa shape index (κ2) is 7.17. The molecule has 0 amide bonds. The first-order valence-electron chi connectivity index (χ1n) is 7.21. The molecule has 4 rings (SSSR count). The van der Waals surface area contributed by atoms with Crippen molar-refractivity contribution < 1.29 is 0 Å². The van der Waals surface area contributed by atoms with Crippen LogP contribution in [0.2, 0.25) is 0 Å². The van der Waals surface area contributed by atoms with Crippen molar-refractivity contribution in [3.05, 3.63) is 53.6 Å². The fourth-order valence-corrected chi connectivity index (χ4v) is 2.79. The monoisotopic (exact) mass is 351 g/mol. The van der Waals surface area contributed by atoms with Crippen LogP contribution in [0.5, 0.6) is 0 Å². The molecular weight excluding hydrogens is 333 g/mol. The summed E-state index contributed by atoms with van der Waals surface area (Å²) in [6, 6.07) is 8.30. The Morgan fingerprint density at radius 2 is 2.09 bits per heavy atom. The maximum Gasteiger partial charge on any atom is 0.140 e. The third-order valence-electron chi connectivity index (χ3n) is 3.86. The van der Waals surface area contributed by atoms with Gasteiger partial charge in [0.05, 0.1) is 17.1 Å². The van der Waals surface area contributed by atoms with Gasteiger partial charge in [-0.15, -0.1) is 24.8 Å². The number of aryl methyl sites for hydroxylation is 1. The van der Waals surface area contributed by atoms with Gasteiger partial charge in [-0.05, 0) is 30.7 Å². The first-order chi connectivity index (χ1) is 10.3. The summed E-state index contributed by atoms with van der Waals surface area (Å²) in [5, 5.41) is 7.73. The highest BCUT2D eigenvalue weighted by Crippen LogP contribution is 2.27. The van der Waals surface area contributed by atoms with Gasteiger partial charge in [0, 0.05) is 37.5 Å². The van der Waals surface area contributed by atoms with Gasteiger partial charge in [-0.25, -0.2) is 9.67 Å². The predicted octanol–water partition coefficient (Wildman–Crippen LogP) is 3.06. The maximum atomic E-state index is 4.78. The molecule has 0 aliphatic carbocycles. The van der Waals surface area contributed by atoms with Crippen LogP contribution in [0, 0.1) is 6.92 Å². The van der Waals surface area contributed by atoms with Gasteiger partial charge in [0.25, 0.3) is 0 Å². The smallest absolute Gasteiger partial charge is 0.140 e. The molecule has 3 heterocycles. The zero-order chi connectivity index (χ0) is 14.2. The van der Waals surface area contributed by atoms with E-state index in [0.717, 1.165) is 36.6 Å². The third kappa shape index (κ3) is 3.27. The predicted molar refractivity (Wildman–Crippen MR) is 95.8 cm³/mol. The van der Waals surface area contributed by atoms with E-state index in [2.05, 4.69) is 40.5 Å². The van der Waals surface area contributed by atoms with E-state index in [0.29, 0.717) is 0 Å². The molecule has 23 heavy (non-hydrogen) atoms. The van der Waals surface area contributed by atoms with Crippen LogP contribution in [-0.4, -0.2) is 26.3 Å². The largest absolute Gasteiger partial charge is 0.340 e. The molecule has 1 aliphatic heterocycles. The number of fused-ring (bicyclic) bond motifs is 1. The summed E-state index contributed by atoms with van der Waals surface area (Å²) in [5.41, 5.74) is 5.72. The zero-order valence-electron chi connectivity index (χ0n) is 12.7. The minimum Gasteiger partial charge on any atom is -0.340 e. The van der Waals surface area contributed by atoms with E-state index in [9.17, 15) is 0 Å². The number of nitrogens with zero attached hydrogens (tertiary/aromatic N) is 3. The molecule has 0 bridgehead atoms. The van der Waals surface area contributed by atoms with E-state index >= 15 is 0 Å². The van der Waals surface area contributed by atoms with Gasteiger partial charge in [0.2, 0.25) is 0 Å². The van der Waals surface area contributed by atoms with Gasteiger partial charge in [0.15, 0.2) is 0 Å². The first kappa shape index (κ1) is 17.5. The lowest BCUT2D eigenvalue weighted by Gasteiger charge is -2.09. The van der Waals surface area contributed by atoms with Crippen molar-refractivity contribution in [1.82, 2.24) is 25.1 Å². The normalized spacial score (nSPS) is 12.9. The van der Waals surface area contributed by atoms with E-state index in [1.54, 1.807) is 6.20 Å². The molecule has 0 saturated carbocycles. The van der Waals surface area contributed by atoms with Crippen molar-refractivity contribution >= 4 is 24.8 Å². The molecule has 1 aromatic carbocycles. The number of nitrogens with one attached hydrogen (secondary N) is 2. The van der Waals surface area contributed by atoms with E-state index in [1.807, 2.05) is 16.9 Å². The van der Waals surface area contributed by atoms with Crippen molar-refractivity contribution in [2.24, 2.45) is 0 Å². The van der Waals surface area contributed by atoms with Crippen LogP contribution in [0.1, 0.15) is 17.0 Å². The number of imidazole rings is 1.